The minimum Gasteiger partial charge on any atom is -0.465 e. The highest BCUT2D eigenvalue weighted by atomic mass is 79.9. The van der Waals surface area contributed by atoms with E-state index in [-0.39, 0.29) is 16.9 Å². The van der Waals surface area contributed by atoms with Gasteiger partial charge in [-0.25, -0.2) is 4.79 Å². The molecule has 6 nitrogen and oxygen atoms in total. The van der Waals surface area contributed by atoms with E-state index in [2.05, 4.69) is 21.2 Å². The second kappa shape index (κ2) is 7.33. The fraction of sp³-hybridized carbons (Fsp3) is 0.682. The molecule has 6 rings (SSSR count). The van der Waals surface area contributed by atoms with Crippen LogP contribution >= 0.6 is 27.3 Å². The smallest absolute Gasteiger partial charge is 0.341 e. The van der Waals surface area contributed by atoms with Gasteiger partial charge in [-0.2, -0.15) is 0 Å². The van der Waals surface area contributed by atoms with Gasteiger partial charge in [-0.3, -0.25) is 9.59 Å². The Labute approximate surface area is 188 Å². The number of hydrogen-bond acceptors (Lipinski definition) is 6. The van der Waals surface area contributed by atoms with Crippen molar-refractivity contribution in [2.45, 2.75) is 62.1 Å². The molecular weight excluding hydrogens is 470 g/mol. The van der Waals surface area contributed by atoms with E-state index in [9.17, 15) is 14.4 Å². The molecule has 1 aromatic rings. The van der Waals surface area contributed by atoms with Gasteiger partial charge in [0.25, 0.3) is 5.91 Å². The van der Waals surface area contributed by atoms with Crippen LogP contribution < -0.4 is 5.32 Å². The lowest BCUT2D eigenvalue weighted by atomic mass is 9.49. The number of hydrogen-bond donors (Lipinski definition) is 1. The van der Waals surface area contributed by atoms with Gasteiger partial charge in [0.1, 0.15) is 5.00 Å². The first-order chi connectivity index (χ1) is 14.3. The molecule has 4 fully saturated rings. The Morgan fingerprint density at radius 2 is 1.90 bits per heavy atom. The summed E-state index contributed by atoms with van der Waals surface area (Å²) in [6.45, 7) is -0.325. The predicted octanol–water partition coefficient (Wildman–Crippen LogP) is 4.24. The lowest BCUT2D eigenvalue weighted by Crippen LogP contribution is -2.56. The summed E-state index contributed by atoms with van der Waals surface area (Å²) in [6, 6.07) is 0. The molecular formula is C22H26BrNO5S. The van der Waals surface area contributed by atoms with Crippen molar-refractivity contribution in [1.29, 1.82) is 0 Å². The van der Waals surface area contributed by atoms with Gasteiger partial charge in [-0.05, 0) is 75.2 Å². The average Bonchev–Trinajstić information content (AvgIpc) is 3.24. The number of fused-ring (bicyclic) bond motifs is 1. The van der Waals surface area contributed by atoms with Crippen LogP contribution in [0.5, 0.6) is 0 Å². The van der Waals surface area contributed by atoms with Gasteiger partial charge >= 0.3 is 11.9 Å². The molecule has 8 heteroatoms. The van der Waals surface area contributed by atoms with Crippen molar-refractivity contribution in [2.24, 2.45) is 17.3 Å². The van der Waals surface area contributed by atoms with Crippen LogP contribution in [0.4, 0.5) is 5.00 Å². The molecule has 4 atom stereocenters. The molecule has 30 heavy (non-hydrogen) atoms. The van der Waals surface area contributed by atoms with E-state index in [0.29, 0.717) is 22.4 Å². The van der Waals surface area contributed by atoms with Crippen LogP contribution in [0.3, 0.4) is 0 Å². The van der Waals surface area contributed by atoms with E-state index in [1.165, 1.54) is 24.9 Å². The molecule has 4 bridgehead atoms. The van der Waals surface area contributed by atoms with Crippen molar-refractivity contribution in [3.63, 3.8) is 0 Å². The summed E-state index contributed by atoms with van der Waals surface area (Å²) in [5, 5.41) is 3.29. The highest BCUT2D eigenvalue weighted by Crippen LogP contribution is 2.64. The molecule has 0 saturated heterocycles. The summed E-state index contributed by atoms with van der Waals surface area (Å²) in [5.74, 6) is 0.0632. The first-order valence-corrected chi connectivity index (χ1v) is 12.3. The fourth-order valence-corrected chi connectivity index (χ4v) is 9.39. The van der Waals surface area contributed by atoms with Crippen LogP contribution in [-0.2, 0) is 31.9 Å². The third-order valence-electron chi connectivity index (χ3n) is 7.32. The molecule has 162 valence electrons. The predicted molar refractivity (Wildman–Crippen MR) is 116 cm³/mol. The molecule has 4 saturated carbocycles. The molecule has 0 aromatic carbocycles. The quantitative estimate of drug-likeness (QED) is 0.487. The standard InChI is InChI=1S/C22H26BrNO5S/c1-28-19(26)17-14-3-2-4-15(14)30-18(17)24-16(25)10-29-20(27)21-6-12-5-13(7-21)9-22(23,8-12)11-21/h12-13H,2-11H2,1H3,(H,24,25)/t12-,13+,21?,22?. The monoisotopic (exact) mass is 495 g/mol. The van der Waals surface area contributed by atoms with Gasteiger partial charge in [-0.1, -0.05) is 15.9 Å². The van der Waals surface area contributed by atoms with E-state index in [1.807, 2.05) is 0 Å². The Morgan fingerprint density at radius 3 is 2.57 bits per heavy atom. The number of thiophene rings is 1. The normalized spacial score (nSPS) is 33.3. The second-order valence-corrected chi connectivity index (χ2v) is 12.4. The van der Waals surface area contributed by atoms with Crippen LogP contribution in [0.15, 0.2) is 0 Å². The Hall–Kier alpha value is -1.41. The minimum atomic E-state index is -0.449. The van der Waals surface area contributed by atoms with Gasteiger partial charge in [0, 0.05) is 9.20 Å². The molecule has 2 unspecified atom stereocenters. The zero-order valence-electron chi connectivity index (χ0n) is 17.1. The van der Waals surface area contributed by atoms with Gasteiger partial charge in [0.05, 0.1) is 18.1 Å². The number of carbonyl (C=O) groups is 3. The average molecular weight is 496 g/mol. The topological polar surface area (TPSA) is 81.7 Å². The molecule has 1 aromatic heterocycles. The summed E-state index contributed by atoms with van der Waals surface area (Å²) in [6.07, 6.45) is 8.78. The van der Waals surface area contributed by atoms with Crippen LogP contribution in [0.25, 0.3) is 0 Å². The highest BCUT2D eigenvalue weighted by Gasteiger charge is 2.60. The molecule has 5 aliphatic carbocycles. The van der Waals surface area contributed by atoms with Crippen LogP contribution in [0.2, 0.25) is 0 Å². The Morgan fingerprint density at radius 1 is 1.17 bits per heavy atom. The summed E-state index contributed by atoms with van der Waals surface area (Å²) >= 11 is 5.33. The summed E-state index contributed by atoms with van der Waals surface area (Å²) in [4.78, 5) is 38.9. The minimum absolute atomic E-state index is 0.0608. The highest BCUT2D eigenvalue weighted by molar-refractivity contribution is 9.10. The van der Waals surface area contributed by atoms with Gasteiger partial charge in [0.15, 0.2) is 6.61 Å². The second-order valence-electron chi connectivity index (χ2n) is 9.57. The third-order valence-corrected chi connectivity index (χ3v) is 9.46. The molecule has 0 aliphatic heterocycles. The van der Waals surface area contributed by atoms with Gasteiger partial charge < -0.3 is 14.8 Å². The number of nitrogens with one attached hydrogen (secondary N) is 1. The number of alkyl halides is 1. The van der Waals surface area contributed by atoms with Crippen LogP contribution in [-0.4, -0.2) is 35.9 Å². The van der Waals surface area contributed by atoms with E-state index in [4.69, 9.17) is 9.47 Å². The van der Waals surface area contributed by atoms with Gasteiger partial charge in [0.2, 0.25) is 0 Å². The van der Waals surface area contributed by atoms with E-state index >= 15 is 0 Å². The van der Waals surface area contributed by atoms with Crippen LogP contribution in [0, 0.1) is 17.3 Å². The fourth-order valence-electron chi connectivity index (χ4n) is 6.65. The first kappa shape index (κ1) is 20.5. The third kappa shape index (κ3) is 3.40. The number of methoxy groups -OCH3 is 1. The van der Waals surface area contributed by atoms with Crippen molar-refractivity contribution in [3.05, 3.63) is 16.0 Å². The Bertz CT molecular complexity index is 911. The van der Waals surface area contributed by atoms with E-state index in [0.717, 1.165) is 61.8 Å². The number of aryl methyl sites for hydroxylation is 1. The van der Waals surface area contributed by atoms with E-state index < -0.39 is 17.3 Å². The number of ether oxygens (including phenoxy) is 2. The lowest BCUT2D eigenvalue weighted by molar-refractivity contribution is -0.170. The van der Waals surface area contributed by atoms with Crippen molar-refractivity contribution in [3.8, 4) is 0 Å². The number of esters is 2. The largest absolute Gasteiger partial charge is 0.465 e. The number of rotatable bonds is 5. The zero-order chi connectivity index (χ0) is 21.1. The van der Waals surface area contributed by atoms with Crippen molar-refractivity contribution in [2.75, 3.05) is 19.0 Å². The summed E-state index contributed by atoms with van der Waals surface area (Å²) in [7, 11) is 1.34. The molecule has 5 aliphatic rings. The maximum Gasteiger partial charge on any atom is 0.341 e. The lowest BCUT2D eigenvalue weighted by Gasteiger charge is -2.58. The number of halogens is 1. The zero-order valence-corrected chi connectivity index (χ0v) is 19.5. The first-order valence-electron chi connectivity index (χ1n) is 10.7. The summed E-state index contributed by atoms with van der Waals surface area (Å²) < 4.78 is 10.5. The van der Waals surface area contributed by atoms with Gasteiger partial charge in [-0.15, -0.1) is 11.3 Å². The van der Waals surface area contributed by atoms with Crippen molar-refractivity contribution >= 4 is 50.1 Å². The Balaban J connectivity index is 1.24. The molecule has 0 spiro atoms. The van der Waals surface area contributed by atoms with E-state index in [1.54, 1.807) is 0 Å². The molecule has 1 heterocycles. The Kier molecular flexibility index (Phi) is 5.01. The van der Waals surface area contributed by atoms with Crippen molar-refractivity contribution < 1.29 is 23.9 Å². The SMILES string of the molecule is COC(=O)c1c(NC(=O)COC(=O)C23C[C@@H]4C[C@@H](CC(Br)(C4)C2)C3)sc2c1CCC2. The number of anilines is 1. The van der Waals surface area contributed by atoms with Crippen LogP contribution in [0.1, 0.15) is 65.7 Å². The maximum atomic E-state index is 13.0. The maximum absolute atomic E-state index is 13.0. The molecule has 1 N–H and O–H groups in total. The molecule has 0 radical (unpaired) electrons. The number of amides is 1. The van der Waals surface area contributed by atoms with Crippen molar-refractivity contribution in [1.82, 2.24) is 0 Å². The molecule has 1 amide bonds. The number of carbonyl (C=O) groups excluding carboxylic acids is 3. The summed E-state index contributed by atoms with van der Waals surface area (Å²) in [5.41, 5.74) is 0.988.